The molecule has 108 valence electrons. The Morgan fingerprint density at radius 1 is 0.900 bits per heavy atom. The van der Waals surface area contributed by atoms with Crippen LogP contribution in [-0.2, 0) is 6.54 Å². The molecule has 0 aromatic heterocycles. The van der Waals surface area contributed by atoms with Crippen LogP contribution in [0, 0.1) is 0 Å². The molecule has 0 saturated carbocycles. The van der Waals surface area contributed by atoms with E-state index in [2.05, 4.69) is 61.6 Å². The molecule has 1 nitrogen and oxygen atoms in total. The topological polar surface area (TPSA) is 12.0 Å². The van der Waals surface area contributed by atoms with Gasteiger partial charge in [0.15, 0.2) is 0 Å². The molecule has 2 aromatic carbocycles. The minimum absolute atomic E-state index is 0.666. The molecule has 0 amide bonds. The zero-order chi connectivity index (χ0) is 14.2. The lowest BCUT2D eigenvalue weighted by molar-refractivity contribution is 0.435. The average molecular weight is 269 g/mol. The lowest BCUT2D eigenvalue weighted by Crippen LogP contribution is -2.28. The van der Waals surface area contributed by atoms with Gasteiger partial charge in [0.2, 0.25) is 0 Å². The molecule has 20 heavy (non-hydrogen) atoms. The summed E-state index contributed by atoms with van der Waals surface area (Å²) < 4.78 is 0. The van der Waals surface area contributed by atoms with Gasteiger partial charge in [-0.25, -0.2) is 0 Å². The number of nitrogens with one attached hydrogen (secondary N) is 1. The maximum absolute atomic E-state index is 3.76. The minimum atomic E-state index is 0.666. The Balaban J connectivity index is 2.03. The van der Waals surface area contributed by atoms with Crippen LogP contribution in [0.15, 0.2) is 42.5 Å². The molecule has 0 saturated heterocycles. The molecule has 1 unspecified atom stereocenters. The van der Waals surface area contributed by atoms with E-state index in [1.807, 2.05) is 0 Å². The lowest BCUT2D eigenvalue weighted by Gasteiger charge is -2.18. The zero-order valence-corrected chi connectivity index (χ0v) is 12.9. The van der Waals surface area contributed by atoms with Crippen molar-refractivity contribution in [2.45, 2.75) is 58.5 Å². The van der Waals surface area contributed by atoms with Crippen molar-refractivity contribution in [1.82, 2.24) is 5.32 Å². The Morgan fingerprint density at radius 3 is 2.50 bits per heavy atom. The van der Waals surface area contributed by atoms with E-state index in [0.29, 0.717) is 6.04 Å². The number of hydrogen-bond donors (Lipinski definition) is 1. The fraction of sp³-hybridized carbons (Fsp3) is 0.474. The first-order chi connectivity index (χ1) is 9.85. The molecule has 0 spiro atoms. The van der Waals surface area contributed by atoms with Crippen molar-refractivity contribution < 1.29 is 0 Å². The third kappa shape index (κ3) is 4.08. The second-order valence-electron chi connectivity index (χ2n) is 5.65. The predicted octanol–water partition coefficient (Wildman–Crippen LogP) is 5.29. The highest BCUT2D eigenvalue weighted by molar-refractivity contribution is 5.85. The van der Waals surface area contributed by atoms with Crippen LogP contribution in [0.5, 0.6) is 0 Å². The molecule has 0 radical (unpaired) electrons. The molecule has 1 atom stereocenters. The summed E-state index contributed by atoms with van der Waals surface area (Å²) in [7, 11) is 0. The Labute approximate surface area is 123 Å². The third-order valence-electron chi connectivity index (χ3n) is 4.00. The summed E-state index contributed by atoms with van der Waals surface area (Å²) in [6.45, 7) is 5.53. The van der Waals surface area contributed by atoms with E-state index in [-0.39, 0.29) is 0 Å². The standard InChI is InChI=1S/C19H27N/c1-3-5-13-18(9-4-2)20-15-17-12-8-11-16-10-6-7-14-19(16)17/h6-8,10-12,14,18,20H,3-5,9,13,15H2,1-2H3. The van der Waals surface area contributed by atoms with Crippen LogP contribution < -0.4 is 5.32 Å². The van der Waals surface area contributed by atoms with Crippen molar-refractivity contribution >= 4 is 10.8 Å². The summed E-state index contributed by atoms with van der Waals surface area (Å²) in [5, 5.41) is 6.49. The second kappa shape index (κ2) is 8.06. The van der Waals surface area contributed by atoms with Gasteiger partial charge in [0.1, 0.15) is 0 Å². The lowest BCUT2D eigenvalue weighted by atomic mass is 10.0. The molecule has 2 aromatic rings. The van der Waals surface area contributed by atoms with Gasteiger partial charge in [-0.2, -0.15) is 0 Å². The Morgan fingerprint density at radius 2 is 1.70 bits per heavy atom. The number of rotatable bonds is 8. The van der Waals surface area contributed by atoms with Gasteiger partial charge in [-0.05, 0) is 29.2 Å². The van der Waals surface area contributed by atoms with E-state index in [1.54, 1.807) is 0 Å². The average Bonchev–Trinajstić information content (AvgIpc) is 2.50. The molecule has 0 bridgehead atoms. The summed E-state index contributed by atoms with van der Waals surface area (Å²) in [5.74, 6) is 0. The van der Waals surface area contributed by atoms with Gasteiger partial charge >= 0.3 is 0 Å². The first kappa shape index (κ1) is 15.1. The van der Waals surface area contributed by atoms with Crippen molar-refractivity contribution in [2.24, 2.45) is 0 Å². The van der Waals surface area contributed by atoms with E-state index < -0.39 is 0 Å². The second-order valence-corrected chi connectivity index (χ2v) is 5.65. The van der Waals surface area contributed by atoms with Crippen molar-refractivity contribution in [1.29, 1.82) is 0 Å². The van der Waals surface area contributed by atoms with Gasteiger partial charge in [-0.15, -0.1) is 0 Å². The Kier molecular flexibility index (Phi) is 6.07. The fourth-order valence-corrected chi connectivity index (χ4v) is 2.85. The van der Waals surface area contributed by atoms with Crippen molar-refractivity contribution in [2.75, 3.05) is 0 Å². The van der Waals surface area contributed by atoms with E-state index >= 15 is 0 Å². The minimum Gasteiger partial charge on any atom is -0.310 e. The van der Waals surface area contributed by atoms with Crippen LogP contribution in [-0.4, -0.2) is 6.04 Å². The van der Waals surface area contributed by atoms with Crippen molar-refractivity contribution in [3.63, 3.8) is 0 Å². The monoisotopic (exact) mass is 269 g/mol. The van der Waals surface area contributed by atoms with E-state index in [0.717, 1.165) is 6.54 Å². The molecule has 0 heterocycles. The normalized spacial score (nSPS) is 12.7. The summed E-state index contributed by atoms with van der Waals surface area (Å²) >= 11 is 0. The zero-order valence-electron chi connectivity index (χ0n) is 12.9. The number of fused-ring (bicyclic) bond motifs is 1. The first-order valence-corrected chi connectivity index (χ1v) is 8.05. The number of benzene rings is 2. The molecule has 0 fully saturated rings. The summed E-state index contributed by atoms with van der Waals surface area (Å²) in [4.78, 5) is 0. The van der Waals surface area contributed by atoms with Gasteiger partial charge in [0.25, 0.3) is 0 Å². The highest BCUT2D eigenvalue weighted by atomic mass is 14.9. The maximum Gasteiger partial charge on any atom is 0.0214 e. The molecule has 1 heteroatoms. The molecule has 0 aliphatic rings. The summed E-state index contributed by atoms with van der Waals surface area (Å²) in [5.41, 5.74) is 1.42. The summed E-state index contributed by atoms with van der Waals surface area (Å²) in [6.07, 6.45) is 6.46. The highest BCUT2D eigenvalue weighted by Crippen LogP contribution is 2.19. The van der Waals surface area contributed by atoms with Gasteiger partial charge in [-0.1, -0.05) is 75.6 Å². The molecular formula is C19H27N. The molecular weight excluding hydrogens is 242 g/mol. The Hall–Kier alpha value is -1.34. The molecule has 0 aliphatic carbocycles. The van der Waals surface area contributed by atoms with Gasteiger partial charge in [-0.3, -0.25) is 0 Å². The van der Waals surface area contributed by atoms with Crippen LogP contribution in [0.1, 0.15) is 51.5 Å². The Bertz CT molecular complexity index is 513. The number of hydrogen-bond acceptors (Lipinski definition) is 1. The van der Waals surface area contributed by atoms with Crippen molar-refractivity contribution in [3.8, 4) is 0 Å². The predicted molar refractivity (Wildman–Crippen MR) is 89.0 cm³/mol. The van der Waals surface area contributed by atoms with Gasteiger partial charge in [0, 0.05) is 12.6 Å². The molecule has 2 rings (SSSR count). The molecule has 0 aliphatic heterocycles. The van der Waals surface area contributed by atoms with Crippen LogP contribution >= 0.6 is 0 Å². The number of unbranched alkanes of at least 4 members (excludes halogenated alkanes) is 1. The highest BCUT2D eigenvalue weighted by Gasteiger charge is 2.07. The smallest absolute Gasteiger partial charge is 0.0214 e. The SMILES string of the molecule is CCCCC(CCC)NCc1cccc2ccccc12. The van der Waals surface area contributed by atoms with Crippen LogP contribution in [0.4, 0.5) is 0 Å². The van der Waals surface area contributed by atoms with E-state index in [9.17, 15) is 0 Å². The largest absolute Gasteiger partial charge is 0.310 e. The summed E-state index contributed by atoms with van der Waals surface area (Å²) in [6, 6.07) is 15.9. The van der Waals surface area contributed by atoms with Crippen molar-refractivity contribution in [3.05, 3.63) is 48.0 Å². The van der Waals surface area contributed by atoms with E-state index in [1.165, 1.54) is 48.4 Å². The van der Waals surface area contributed by atoms with Crippen LogP contribution in [0.25, 0.3) is 10.8 Å². The maximum atomic E-state index is 3.76. The van der Waals surface area contributed by atoms with E-state index in [4.69, 9.17) is 0 Å². The fourth-order valence-electron chi connectivity index (χ4n) is 2.85. The van der Waals surface area contributed by atoms with Gasteiger partial charge in [0.05, 0.1) is 0 Å². The van der Waals surface area contributed by atoms with Gasteiger partial charge < -0.3 is 5.32 Å². The van der Waals surface area contributed by atoms with Crippen LogP contribution in [0.2, 0.25) is 0 Å². The van der Waals surface area contributed by atoms with Crippen LogP contribution in [0.3, 0.4) is 0 Å². The first-order valence-electron chi connectivity index (χ1n) is 8.05. The molecule has 1 N–H and O–H groups in total. The third-order valence-corrected chi connectivity index (χ3v) is 4.00. The quantitative estimate of drug-likeness (QED) is 0.686.